The van der Waals surface area contributed by atoms with E-state index in [2.05, 4.69) is 20.5 Å². The molecule has 5 nitrogen and oxygen atoms in total. The molecule has 1 N–H and O–H groups in total. The van der Waals surface area contributed by atoms with E-state index in [1.54, 1.807) is 19.4 Å². The number of nitrogens with zero attached hydrogens (tertiary/aromatic N) is 3. The van der Waals surface area contributed by atoms with Crippen LogP contribution >= 0.6 is 0 Å². The maximum atomic E-state index is 11.5. The van der Waals surface area contributed by atoms with Crippen LogP contribution in [0.5, 0.6) is 0 Å². The van der Waals surface area contributed by atoms with Crippen molar-refractivity contribution in [3.8, 4) is 0 Å². The van der Waals surface area contributed by atoms with Gasteiger partial charge >= 0.3 is 0 Å². The second-order valence-electron chi connectivity index (χ2n) is 3.16. The molecule has 0 bridgehead atoms. The van der Waals surface area contributed by atoms with E-state index in [1.807, 2.05) is 13.0 Å². The van der Waals surface area contributed by atoms with Gasteiger partial charge in [-0.3, -0.25) is 4.79 Å². The summed E-state index contributed by atoms with van der Waals surface area (Å²) >= 11 is 0. The number of aromatic nitrogens is 3. The van der Waals surface area contributed by atoms with Crippen LogP contribution in [0, 0.1) is 6.92 Å². The standard InChI is InChI=1S/C10H10N4O/c1-6-5-12-9(10(15)11-2)8-7(6)3-4-13-14-8/h3-5H,1-2H3,(H,11,15). The second kappa shape index (κ2) is 3.61. The Morgan fingerprint density at radius 1 is 1.47 bits per heavy atom. The van der Waals surface area contributed by atoms with Gasteiger partial charge in [0.25, 0.3) is 5.91 Å². The van der Waals surface area contributed by atoms with Gasteiger partial charge in [-0.2, -0.15) is 5.10 Å². The fraction of sp³-hybridized carbons (Fsp3) is 0.200. The van der Waals surface area contributed by atoms with Crippen molar-refractivity contribution in [2.75, 3.05) is 7.05 Å². The molecule has 0 aliphatic rings. The van der Waals surface area contributed by atoms with Gasteiger partial charge in [-0.05, 0) is 18.6 Å². The molecule has 0 saturated heterocycles. The maximum absolute atomic E-state index is 11.5. The third-order valence-corrected chi connectivity index (χ3v) is 2.20. The third kappa shape index (κ3) is 1.52. The van der Waals surface area contributed by atoms with Crippen LogP contribution in [-0.2, 0) is 0 Å². The largest absolute Gasteiger partial charge is 0.354 e. The van der Waals surface area contributed by atoms with Crippen molar-refractivity contribution in [1.82, 2.24) is 20.5 Å². The topological polar surface area (TPSA) is 67.8 Å². The number of hydrogen-bond acceptors (Lipinski definition) is 4. The van der Waals surface area contributed by atoms with E-state index in [-0.39, 0.29) is 5.91 Å². The summed E-state index contributed by atoms with van der Waals surface area (Å²) in [5, 5.41) is 11.1. The Morgan fingerprint density at radius 2 is 2.27 bits per heavy atom. The van der Waals surface area contributed by atoms with Crippen LogP contribution in [0.2, 0.25) is 0 Å². The molecular formula is C10H10N4O. The predicted molar refractivity (Wildman–Crippen MR) is 55.5 cm³/mol. The van der Waals surface area contributed by atoms with Gasteiger partial charge in [0.1, 0.15) is 5.52 Å². The molecular weight excluding hydrogens is 192 g/mol. The molecule has 2 aromatic rings. The lowest BCUT2D eigenvalue weighted by molar-refractivity contribution is 0.0960. The summed E-state index contributed by atoms with van der Waals surface area (Å²) in [6, 6.07) is 1.83. The number of hydrogen-bond donors (Lipinski definition) is 1. The van der Waals surface area contributed by atoms with E-state index >= 15 is 0 Å². The molecule has 15 heavy (non-hydrogen) atoms. The number of rotatable bonds is 1. The Morgan fingerprint density at radius 3 is 3.00 bits per heavy atom. The minimum absolute atomic E-state index is 0.250. The molecule has 0 saturated carbocycles. The van der Waals surface area contributed by atoms with Gasteiger partial charge in [0, 0.05) is 18.6 Å². The molecule has 0 spiro atoms. The van der Waals surface area contributed by atoms with E-state index < -0.39 is 0 Å². The first-order valence-electron chi connectivity index (χ1n) is 4.53. The summed E-state index contributed by atoms with van der Waals surface area (Å²) in [5.41, 5.74) is 1.83. The zero-order chi connectivity index (χ0) is 10.8. The first kappa shape index (κ1) is 9.51. The first-order valence-corrected chi connectivity index (χ1v) is 4.53. The van der Waals surface area contributed by atoms with Crippen molar-refractivity contribution in [3.63, 3.8) is 0 Å². The maximum Gasteiger partial charge on any atom is 0.271 e. The average Bonchev–Trinajstić information content (AvgIpc) is 2.29. The molecule has 2 heterocycles. The molecule has 0 aliphatic carbocycles. The lowest BCUT2D eigenvalue weighted by atomic mass is 10.1. The smallest absolute Gasteiger partial charge is 0.271 e. The fourth-order valence-corrected chi connectivity index (χ4v) is 1.40. The summed E-state index contributed by atoms with van der Waals surface area (Å²) in [6.45, 7) is 1.92. The minimum Gasteiger partial charge on any atom is -0.354 e. The molecule has 5 heteroatoms. The molecule has 0 fully saturated rings. The normalized spacial score (nSPS) is 10.3. The molecule has 0 radical (unpaired) electrons. The first-order chi connectivity index (χ1) is 7.24. The highest BCUT2D eigenvalue weighted by Gasteiger charge is 2.12. The number of fused-ring (bicyclic) bond motifs is 1. The number of pyridine rings is 1. The number of amides is 1. The van der Waals surface area contributed by atoms with Crippen LogP contribution in [0.1, 0.15) is 16.1 Å². The van der Waals surface area contributed by atoms with E-state index in [0.29, 0.717) is 11.2 Å². The van der Waals surface area contributed by atoms with Crippen molar-refractivity contribution >= 4 is 16.8 Å². The summed E-state index contributed by atoms with van der Waals surface area (Å²) < 4.78 is 0. The van der Waals surface area contributed by atoms with Gasteiger partial charge in [0.15, 0.2) is 5.69 Å². The summed E-state index contributed by atoms with van der Waals surface area (Å²) in [4.78, 5) is 15.6. The van der Waals surface area contributed by atoms with Crippen LogP contribution < -0.4 is 5.32 Å². The Balaban J connectivity index is 2.77. The highest BCUT2D eigenvalue weighted by molar-refractivity contribution is 6.03. The Kier molecular flexibility index (Phi) is 2.29. The number of nitrogens with one attached hydrogen (secondary N) is 1. The summed E-state index contributed by atoms with van der Waals surface area (Å²) in [7, 11) is 1.56. The van der Waals surface area contributed by atoms with Crippen LogP contribution in [0.15, 0.2) is 18.5 Å². The number of aryl methyl sites for hydroxylation is 1. The van der Waals surface area contributed by atoms with Gasteiger partial charge in [-0.25, -0.2) is 4.98 Å². The van der Waals surface area contributed by atoms with Crippen molar-refractivity contribution in [1.29, 1.82) is 0 Å². The fourth-order valence-electron chi connectivity index (χ4n) is 1.40. The zero-order valence-electron chi connectivity index (χ0n) is 8.48. The summed E-state index contributed by atoms with van der Waals surface area (Å²) in [6.07, 6.45) is 3.26. The molecule has 0 unspecified atom stereocenters. The van der Waals surface area contributed by atoms with Crippen molar-refractivity contribution in [2.24, 2.45) is 0 Å². The van der Waals surface area contributed by atoms with E-state index in [9.17, 15) is 4.79 Å². The quantitative estimate of drug-likeness (QED) is 0.738. The van der Waals surface area contributed by atoms with Crippen molar-refractivity contribution in [3.05, 3.63) is 29.7 Å². The highest BCUT2D eigenvalue weighted by Crippen LogP contribution is 2.16. The molecule has 2 aromatic heterocycles. The molecule has 0 atom stereocenters. The lowest BCUT2D eigenvalue weighted by Crippen LogP contribution is -2.20. The van der Waals surface area contributed by atoms with Crippen LogP contribution in [-0.4, -0.2) is 28.1 Å². The van der Waals surface area contributed by atoms with E-state index in [1.165, 1.54) is 0 Å². The van der Waals surface area contributed by atoms with Crippen molar-refractivity contribution in [2.45, 2.75) is 6.92 Å². The molecule has 0 aromatic carbocycles. The van der Waals surface area contributed by atoms with Crippen LogP contribution in [0.3, 0.4) is 0 Å². The van der Waals surface area contributed by atoms with E-state index in [0.717, 1.165) is 10.9 Å². The molecule has 76 valence electrons. The van der Waals surface area contributed by atoms with E-state index in [4.69, 9.17) is 0 Å². The Hall–Kier alpha value is -2.04. The monoisotopic (exact) mass is 202 g/mol. The molecule has 0 aliphatic heterocycles. The SMILES string of the molecule is CNC(=O)c1ncc(C)c2ccnnc12. The predicted octanol–water partition coefficient (Wildman–Crippen LogP) is 0.693. The summed E-state index contributed by atoms with van der Waals surface area (Å²) in [5.74, 6) is -0.250. The molecule has 2 rings (SSSR count). The second-order valence-corrected chi connectivity index (χ2v) is 3.16. The van der Waals surface area contributed by atoms with Gasteiger partial charge < -0.3 is 5.32 Å². The van der Waals surface area contributed by atoms with Gasteiger partial charge in [-0.1, -0.05) is 0 Å². The van der Waals surface area contributed by atoms with Crippen molar-refractivity contribution < 1.29 is 4.79 Å². The highest BCUT2D eigenvalue weighted by atomic mass is 16.1. The number of carbonyl (C=O) groups excluding carboxylic acids is 1. The average molecular weight is 202 g/mol. The van der Waals surface area contributed by atoms with Crippen LogP contribution in [0.25, 0.3) is 10.9 Å². The van der Waals surface area contributed by atoms with Gasteiger partial charge in [0.05, 0.1) is 6.20 Å². The minimum atomic E-state index is -0.250. The Labute approximate surface area is 86.5 Å². The molecule has 1 amide bonds. The van der Waals surface area contributed by atoms with Gasteiger partial charge in [0.2, 0.25) is 0 Å². The van der Waals surface area contributed by atoms with Gasteiger partial charge in [-0.15, -0.1) is 5.10 Å². The van der Waals surface area contributed by atoms with Crippen LogP contribution in [0.4, 0.5) is 0 Å². The lowest BCUT2D eigenvalue weighted by Gasteiger charge is -2.04. The Bertz CT molecular complexity index is 524. The zero-order valence-corrected chi connectivity index (χ0v) is 8.48. The number of carbonyl (C=O) groups is 1. The third-order valence-electron chi connectivity index (χ3n) is 2.20.